The van der Waals surface area contributed by atoms with Gasteiger partial charge in [0.15, 0.2) is 0 Å². The number of alkyl carbamates (subject to hydrolysis) is 1. The number of fused-ring (bicyclic) bond motifs is 1. The zero-order chi connectivity index (χ0) is 34.9. The van der Waals surface area contributed by atoms with Gasteiger partial charge >= 0.3 is 6.09 Å². The fourth-order valence-corrected chi connectivity index (χ4v) is 6.31. The van der Waals surface area contributed by atoms with Crippen LogP contribution in [-0.2, 0) is 40.5 Å². The molecule has 1 aliphatic carbocycles. The quantitative estimate of drug-likeness (QED) is 0.325. The number of carbonyl (C=O) groups is 4. The summed E-state index contributed by atoms with van der Waals surface area (Å²) in [5.41, 5.74) is -2.20. The van der Waals surface area contributed by atoms with E-state index in [4.69, 9.17) is 9.47 Å². The van der Waals surface area contributed by atoms with Crippen molar-refractivity contribution in [1.29, 1.82) is 0 Å². The van der Waals surface area contributed by atoms with E-state index in [2.05, 4.69) is 17.2 Å². The third kappa shape index (κ3) is 8.89. The minimum atomic E-state index is -3.91. The molecule has 3 N–H and O–H groups in total. The number of nitrogens with zero attached hydrogens (tertiary/aromatic N) is 1. The van der Waals surface area contributed by atoms with Gasteiger partial charge in [-0.3, -0.25) is 19.1 Å². The van der Waals surface area contributed by atoms with Crippen molar-refractivity contribution >= 4 is 44.6 Å². The second kappa shape index (κ2) is 13.3. The molecule has 1 saturated heterocycles. The monoisotopic (exact) mass is 670 g/mol. The van der Waals surface area contributed by atoms with Crippen LogP contribution in [0.15, 0.2) is 55.1 Å². The Bertz CT molecular complexity index is 1660. The molecule has 1 aliphatic heterocycles. The molecule has 5 atom stereocenters. The fourth-order valence-electron chi connectivity index (χ4n) is 5.79. The van der Waals surface area contributed by atoms with Gasteiger partial charge in [0.2, 0.25) is 21.8 Å². The number of ether oxygens (including phenoxy) is 2. The summed E-state index contributed by atoms with van der Waals surface area (Å²) >= 11 is 0. The summed E-state index contributed by atoms with van der Waals surface area (Å²) < 4.78 is 37.4. The molecule has 13 heteroatoms. The molecular weight excluding hydrogens is 624 g/mol. The van der Waals surface area contributed by atoms with Gasteiger partial charge < -0.3 is 25.0 Å². The van der Waals surface area contributed by atoms with Crippen molar-refractivity contribution in [2.24, 2.45) is 11.3 Å². The second-order valence-corrected chi connectivity index (χ2v) is 16.3. The van der Waals surface area contributed by atoms with Crippen LogP contribution in [0.1, 0.15) is 59.9 Å². The van der Waals surface area contributed by atoms with E-state index in [9.17, 15) is 27.6 Å². The molecule has 0 radical (unpaired) electrons. The molecule has 2 aromatic rings. The Balaban J connectivity index is 1.60. The highest BCUT2D eigenvalue weighted by Crippen LogP contribution is 2.45. The molecule has 47 heavy (non-hydrogen) atoms. The van der Waals surface area contributed by atoms with E-state index in [0.29, 0.717) is 0 Å². The standard InChI is InChI=1S/C34H46N4O8S/c1-9-24-18-34(24,30(41)37-47(8,43)44)36-28(39)26-17-25(45-20-21-14-15-22-12-10-11-13-23(22)16-21)19-38(26)29(40)27(32(2,3)4)35-31(42)46-33(5,6)7/h9-16,24-27H,1,17-20H2,2-8H3,(H,35,42)(H,36,39)(H,37,41). The first-order valence-corrected chi connectivity index (χ1v) is 17.5. The highest BCUT2D eigenvalue weighted by atomic mass is 32.2. The van der Waals surface area contributed by atoms with Crippen LogP contribution in [0.25, 0.3) is 10.8 Å². The molecule has 2 aromatic carbocycles. The van der Waals surface area contributed by atoms with Gasteiger partial charge in [-0.05, 0) is 55.0 Å². The smallest absolute Gasteiger partial charge is 0.408 e. The minimum Gasteiger partial charge on any atom is -0.444 e. The number of amides is 4. The van der Waals surface area contributed by atoms with Crippen LogP contribution in [-0.4, -0.2) is 79.3 Å². The first kappa shape index (κ1) is 35.9. The number of hydrogen-bond acceptors (Lipinski definition) is 8. The number of rotatable bonds is 10. The number of sulfonamides is 1. The van der Waals surface area contributed by atoms with E-state index >= 15 is 0 Å². The summed E-state index contributed by atoms with van der Waals surface area (Å²) in [6.07, 6.45) is 1.26. The number of carbonyl (C=O) groups excluding carboxylic acids is 4. The zero-order valence-electron chi connectivity index (χ0n) is 28.1. The molecule has 5 unspecified atom stereocenters. The Labute approximate surface area is 276 Å². The number of likely N-dealkylation sites (tertiary alicyclic amines) is 1. The summed E-state index contributed by atoms with van der Waals surface area (Å²) in [5.74, 6) is -2.55. The summed E-state index contributed by atoms with van der Waals surface area (Å²) in [6, 6.07) is 11.8. The predicted molar refractivity (Wildman–Crippen MR) is 177 cm³/mol. The van der Waals surface area contributed by atoms with E-state index < -0.39 is 74.5 Å². The van der Waals surface area contributed by atoms with Crippen molar-refractivity contribution in [3.05, 3.63) is 60.7 Å². The molecule has 12 nitrogen and oxygen atoms in total. The third-order valence-electron chi connectivity index (χ3n) is 8.25. The van der Waals surface area contributed by atoms with Crippen molar-refractivity contribution < 1.29 is 37.1 Å². The molecule has 0 spiro atoms. The maximum absolute atomic E-state index is 14.2. The predicted octanol–water partition coefficient (Wildman–Crippen LogP) is 3.40. The minimum absolute atomic E-state index is 0.0422. The van der Waals surface area contributed by atoms with E-state index in [-0.39, 0.29) is 26.0 Å². The van der Waals surface area contributed by atoms with Crippen molar-refractivity contribution in [2.75, 3.05) is 12.8 Å². The van der Waals surface area contributed by atoms with Crippen molar-refractivity contribution in [2.45, 2.75) is 90.3 Å². The zero-order valence-corrected chi connectivity index (χ0v) is 28.9. The Kier molecular flexibility index (Phi) is 10.1. The molecule has 2 fully saturated rings. The van der Waals surface area contributed by atoms with Crippen LogP contribution >= 0.6 is 0 Å². The number of benzene rings is 2. The third-order valence-corrected chi connectivity index (χ3v) is 8.81. The molecule has 0 bridgehead atoms. The van der Waals surface area contributed by atoms with Crippen LogP contribution in [0.4, 0.5) is 4.79 Å². The van der Waals surface area contributed by atoms with Gasteiger partial charge in [-0.2, -0.15) is 0 Å². The molecule has 4 rings (SSSR count). The van der Waals surface area contributed by atoms with Gasteiger partial charge in [-0.15, -0.1) is 6.58 Å². The molecular formula is C34H46N4O8S. The first-order chi connectivity index (χ1) is 21.7. The summed E-state index contributed by atoms with van der Waals surface area (Å²) in [4.78, 5) is 55.4. The maximum atomic E-state index is 14.2. The SMILES string of the molecule is C=CC1CC1(NC(=O)C1CC(OCc2ccc3ccccc3c2)CN1C(=O)C(NC(=O)OC(C)(C)C)C(C)(C)C)C(=O)NS(C)(=O)=O. The topological polar surface area (TPSA) is 160 Å². The molecule has 256 valence electrons. The van der Waals surface area contributed by atoms with Crippen molar-refractivity contribution in [1.82, 2.24) is 20.3 Å². The van der Waals surface area contributed by atoms with Gasteiger partial charge in [-0.1, -0.05) is 63.2 Å². The normalized spacial score (nSPS) is 23.5. The van der Waals surface area contributed by atoms with Crippen molar-refractivity contribution in [3.8, 4) is 0 Å². The van der Waals surface area contributed by atoms with Gasteiger partial charge in [0, 0.05) is 18.9 Å². The average molecular weight is 671 g/mol. The largest absolute Gasteiger partial charge is 0.444 e. The van der Waals surface area contributed by atoms with Crippen molar-refractivity contribution in [3.63, 3.8) is 0 Å². The molecule has 1 heterocycles. The lowest BCUT2D eigenvalue weighted by molar-refractivity contribution is -0.143. The Morgan fingerprint density at radius 3 is 2.30 bits per heavy atom. The van der Waals surface area contributed by atoms with Crippen LogP contribution in [0.2, 0.25) is 0 Å². The molecule has 4 amide bonds. The van der Waals surface area contributed by atoms with Gasteiger partial charge in [0.05, 0.1) is 19.0 Å². The molecule has 1 saturated carbocycles. The molecule has 0 aromatic heterocycles. The lowest BCUT2D eigenvalue weighted by Crippen LogP contribution is -2.60. The van der Waals surface area contributed by atoms with Crippen LogP contribution in [0.5, 0.6) is 0 Å². The lowest BCUT2D eigenvalue weighted by Gasteiger charge is -2.36. The second-order valence-electron chi connectivity index (χ2n) is 14.5. The Morgan fingerprint density at radius 2 is 1.72 bits per heavy atom. The van der Waals surface area contributed by atoms with E-state index in [1.807, 2.05) is 47.2 Å². The number of nitrogens with one attached hydrogen (secondary N) is 3. The fraction of sp³-hybridized carbons (Fsp3) is 0.529. The summed E-state index contributed by atoms with van der Waals surface area (Å²) in [5, 5.41) is 7.56. The van der Waals surface area contributed by atoms with Crippen LogP contribution in [0, 0.1) is 11.3 Å². The van der Waals surface area contributed by atoms with Crippen LogP contribution < -0.4 is 15.4 Å². The van der Waals surface area contributed by atoms with Gasteiger partial charge in [0.1, 0.15) is 23.2 Å². The average Bonchev–Trinajstić information content (AvgIpc) is 3.50. The molecule has 2 aliphatic rings. The Morgan fingerprint density at radius 1 is 1.06 bits per heavy atom. The Hall–Kier alpha value is -3.97. The summed E-state index contributed by atoms with van der Waals surface area (Å²) in [6.45, 7) is 14.5. The number of hydrogen-bond donors (Lipinski definition) is 3. The highest BCUT2D eigenvalue weighted by Gasteiger charge is 2.61. The maximum Gasteiger partial charge on any atom is 0.408 e. The highest BCUT2D eigenvalue weighted by molar-refractivity contribution is 7.89. The lowest BCUT2D eigenvalue weighted by atomic mass is 9.85. The van der Waals surface area contributed by atoms with Gasteiger partial charge in [-0.25, -0.2) is 13.2 Å². The van der Waals surface area contributed by atoms with E-state index in [1.165, 1.54) is 11.0 Å². The van der Waals surface area contributed by atoms with E-state index in [0.717, 1.165) is 22.6 Å². The van der Waals surface area contributed by atoms with Crippen LogP contribution in [0.3, 0.4) is 0 Å². The first-order valence-electron chi connectivity index (χ1n) is 15.6. The summed E-state index contributed by atoms with van der Waals surface area (Å²) in [7, 11) is -3.91. The van der Waals surface area contributed by atoms with Gasteiger partial charge in [0.25, 0.3) is 5.91 Å². The van der Waals surface area contributed by atoms with E-state index in [1.54, 1.807) is 41.5 Å².